The van der Waals surface area contributed by atoms with Crippen molar-refractivity contribution in [2.75, 3.05) is 0 Å². The van der Waals surface area contributed by atoms with Crippen molar-refractivity contribution in [2.45, 2.75) is 39.3 Å². The van der Waals surface area contributed by atoms with Crippen molar-refractivity contribution in [1.29, 1.82) is 0 Å². The Balaban J connectivity index is 1.46. The third-order valence-electron chi connectivity index (χ3n) is 4.79. The van der Waals surface area contributed by atoms with E-state index in [0.29, 0.717) is 6.54 Å². The van der Waals surface area contributed by atoms with Gasteiger partial charge in [0.1, 0.15) is 10.6 Å². The van der Waals surface area contributed by atoms with Crippen molar-refractivity contribution in [1.82, 2.24) is 15.1 Å². The first-order chi connectivity index (χ1) is 13.6. The summed E-state index contributed by atoms with van der Waals surface area (Å²) in [6, 6.07) is 16.1. The zero-order valence-electron chi connectivity index (χ0n) is 16.0. The molecule has 0 spiro atoms. The molecule has 0 saturated heterocycles. The maximum Gasteiger partial charge on any atom is 0.261 e. The van der Waals surface area contributed by atoms with Crippen LogP contribution in [0.4, 0.5) is 0 Å². The van der Waals surface area contributed by atoms with Gasteiger partial charge in [-0.25, -0.2) is 0 Å². The van der Waals surface area contributed by atoms with Gasteiger partial charge in [-0.2, -0.15) is 5.10 Å². The highest BCUT2D eigenvalue weighted by Crippen LogP contribution is 2.29. The van der Waals surface area contributed by atoms with E-state index in [1.54, 1.807) is 6.26 Å². The molecule has 4 aromatic rings. The van der Waals surface area contributed by atoms with Crippen LogP contribution in [-0.2, 0) is 13.0 Å². The van der Waals surface area contributed by atoms with Crippen molar-refractivity contribution >= 4 is 27.5 Å². The lowest BCUT2D eigenvalue weighted by atomic mass is 10.1. The highest BCUT2D eigenvalue weighted by Gasteiger charge is 2.18. The van der Waals surface area contributed by atoms with Crippen LogP contribution in [0.25, 0.3) is 10.2 Å². The fraction of sp³-hybridized carbons (Fsp3) is 0.273. The van der Waals surface area contributed by atoms with E-state index in [9.17, 15) is 4.79 Å². The Morgan fingerprint density at radius 2 is 2.07 bits per heavy atom. The summed E-state index contributed by atoms with van der Waals surface area (Å²) in [6.45, 7) is 4.72. The van der Waals surface area contributed by atoms with Gasteiger partial charge >= 0.3 is 0 Å². The normalized spacial score (nSPS) is 12.4. The van der Waals surface area contributed by atoms with Gasteiger partial charge in [0.05, 0.1) is 23.4 Å². The van der Waals surface area contributed by atoms with Gasteiger partial charge in [0.15, 0.2) is 0 Å². The molecule has 5 nitrogen and oxygen atoms in total. The molecular formula is C22H23N3O2S. The molecule has 0 aliphatic rings. The Bertz CT molecular complexity index is 1060. The first-order valence-electron chi connectivity index (χ1n) is 9.44. The second-order valence-electron chi connectivity index (χ2n) is 7.05. The molecule has 144 valence electrons. The number of hydrogen-bond donors (Lipinski definition) is 1. The summed E-state index contributed by atoms with van der Waals surface area (Å²) in [5.74, 6) is 0.915. The van der Waals surface area contributed by atoms with Crippen LogP contribution in [0, 0.1) is 6.92 Å². The quantitative estimate of drug-likeness (QED) is 0.491. The molecule has 1 amide bonds. The van der Waals surface area contributed by atoms with Crippen LogP contribution >= 0.6 is 11.3 Å². The maximum atomic E-state index is 12.7. The summed E-state index contributed by atoms with van der Waals surface area (Å²) < 4.78 is 7.35. The number of nitrogens with zero attached hydrogens (tertiary/aromatic N) is 2. The lowest BCUT2D eigenvalue weighted by molar-refractivity contribution is 0.0942. The summed E-state index contributed by atoms with van der Waals surface area (Å²) in [6.07, 6.45) is 3.33. The van der Waals surface area contributed by atoms with Crippen molar-refractivity contribution in [3.05, 3.63) is 76.7 Å². The summed E-state index contributed by atoms with van der Waals surface area (Å²) >= 11 is 1.50. The maximum absolute atomic E-state index is 12.7. The molecule has 0 bridgehead atoms. The van der Waals surface area contributed by atoms with E-state index in [1.165, 1.54) is 16.9 Å². The Labute approximate surface area is 168 Å². The highest BCUT2D eigenvalue weighted by atomic mass is 32.1. The molecular weight excluding hydrogens is 370 g/mol. The van der Waals surface area contributed by atoms with Crippen molar-refractivity contribution in [3.63, 3.8) is 0 Å². The third kappa shape index (κ3) is 4.02. The van der Waals surface area contributed by atoms with Gasteiger partial charge < -0.3 is 9.73 Å². The molecule has 0 unspecified atom stereocenters. The number of aromatic nitrogens is 2. The minimum atomic E-state index is -0.0289. The second-order valence-corrected chi connectivity index (χ2v) is 8.08. The molecule has 1 N–H and O–H groups in total. The summed E-state index contributed by atoms with van der Waals surface area (Å²) in [7, 11) is 0. The number of benzene rings is 1. The molecule has 0 aliphatic heterocycles. The molecule has 0 aliphatic carbocycles. The van der Waals surface area contributed by atoms with Gasteiger partial charge in [0.2, 0.25) is 0 Å². The first kappa shape index (κ1) is 18.5. The minimum Gasteiger partial charge on any atom is -0.469 e. The van der Waals surface area contributed by atoms with Crippen molar-refractivity contribution in [2.24, 2.45) is 0 Å². The van der Waals surface area contributed by atoms with Crippen LogP contribution in [-0.4, -0.2) is 21.7 Å². The Hall–Kier alpha value is -2.86. The lowest BCUT2D eigenvalue weighted by Gasteiger charge is -2.12. The van der Waals surface area contributed by atoms with Gasteiger partial charge in [-0.15, -0.1) is 11.3 Å². The molecule has 3 aromatic heterocycles. The van der Waals surface area contributed by atoms with Crippen LogP contribution in [0.5, 0.6) is 0 Å². The smallest absolute Gasteiger partial charge is 0.261 e. The summed E-state index contributed by atoms with van der Waals surface area (Å²) in [4.78, 5) is 14.5. The van der Waals surface area contributed by atoms with Gasteiger partial charge in [0, 0.05) is 17.8 Å². The predicted octanol–water partition coefficient (Wildman–Crippen LogP) is 4.80. The number of aryl methyl sites for hydroxylation is 2. The van der Waals surface area contributed by atoms with Crippen LogP contribution in [0.2, 0.25) is 0 Å². The van der Waals surface area contributed by atoms with Crippen LogP contribution < -0.4 is 5.32 Å². The van der Waals surface area contributed by atoms with Gasteiger partial charge in [-0.05, 0) is 44.0 Å². The number of thiophene rings is 1. The van der Waals surface area contributed by atoms with E-state index in [2.05, 4.69) is 22.5 Å². The number of carbonyl (C=O) groups is 1. The molecule has 0 saturated carbocycles. The fourth-order valence-corrected chi connectivity index (χ4v) is 4.33. The molecule has 4 rings (SSSR count). The Morgan fingerprint density at radius 1 is 1.25 bits per heavy atom. The molecule has 6 heteroatoms. The number of fused-ring (bicyclic) bond motifs is 1. The Kier molecular flexibility index (Phi) is 5.30. The molecule has 1 atom stereocenters. The minimum absolute atomic E-state index is 0.0289. The number of carbonyl (C=O) groups excluding carboxylic acids is 1. The highest BCUT2D eigenvalue weighted by molar-refractivity contribution is 7.20. The predicted molar refractivity (Wildman–Crippen MR) is 112 cm³/mol. The topological polar surface area (TPSA) is 60.1 Å². The van der Waals surface area contributed by atoms with E-state index < -0.39 is 0 Å². The standard InChI is InChI=1S/C22H23N3O2S/c1-15(10-11-18-9-6-12-27-18)23-21(26)20-13-19-16(2)24-25(22(19)28-20)14-17-7-4-3-5-8-17/h3-9,12-13,15H,10-11,14H2,1-2H3,(H,23,26)/t15-/m1/s1. The SMILES string of the molecule is Cc1nn(Cc2ccccc2)c2sc(C(=O)N[C@H](C)CCc3ccco3)cc12. The summed E-state index contributed by atoms with van der Waals surface area (Å²) in [5.41, 5.74) is 2.14. The van der Waals surface area contributed by atoms with Crippen molar-refractivity contribution in [3.8, 4) is 0 Å². The number of rotatable bonds is 7. The van der Waals surface area contributed by atoms with Gasteiger partial charge in [-0.1, -0.05) is 30.3 Å². The first-order valence-corrected chi connectivity index (χ1v) is 10.3. The molecule has 1 aromatic carbocycles. The molecule has 3 heterocycles. The summed E-state index contributed by atoms with van der Waals surface area (Å²) in [5, 5.41) is 8.80. The van der Waals surface area contributed by atoms with Crippen LogP contribution in [0.15, 0.2) is 59.2 Å². The average Bonchev–Trinajstić information content (AvgIpc) is 3.41. The third-order valence-corrected chi connectivity index (χ3v) is 5.93. The monoisotopic (exact) mass is 393 g/mol. The molecule has 0 fully saturated rings. The van der Waals surface area contributed by atoms with E-state index in [1.807, 2.05) is 54.9 Å². The number of amides is 1. The van der Waals surface area contributed by atoms with Crippen LogP contribution in [0.3, 0.4) is 0 Å². The Morgan fingerprint density at radius 3 is 2.82 bits per heavy atom. The van der Waals surface area contributed by atoms with E-state index >= 15 is 0 Å². The zero-order valence-corrected chi connectivity index (χ0v) is 16.8. The number of nitrogens with one attached hydrogen (secondary N) is 1. The molecule has 0 radical (unpaired) electrons. The van der Waals surface area contributed by atoms with Crippen molar-refractivity contribution < 1.29 is 9.21 Å². The number of furan rings is 1. The van der Waals surface area contributed by atoms with Gasteiger partial charge in [-0.3, -0.25) is 9.48 Å². The fourth-order valence-electron chi connectivity index (χ4n) is 3.27. The second kappa shape index (κ2) is 8.02. The van der Waals surface area contributed by atoms with Gasteiger partial charge in [0.25, 0.3) is 5.91 Å². The van der Waals surface area contributed by atoms with E-state index in [0.717, 1.165) is 39.4 Å². The van der Waals surface area contributed by atoms with E-state index in [4.69, 9.17) is 4.42 Å². The van der Waals surface area contributed by atoms with E-state index in [-0.39, 0.29) is 11.9 Å². The average molecular weight is 394 g/mol. The number of hydrogen-bond acceptors (Lipinski definition) is 4. The lowest BCUT2D eigenvalue weighted by Crippen LogP contribution is -2.32. The van der Waals surface area contributed by atoms with Crippen LogP contribution in [0.1, 0.15) is 40.0 Å². The largest absolute Gasteiger partial charge is 0.469 e. The zero-order chi connectivity index (χ0) is 19.5. The molecule has 28 heavy (non-hydrogen) atoms.